The van der Waals surface area contributed by atoms with Crippen LogP contribution in [0.15, 0.2) is 0 Å². The Bertz CT molecular complexity index is 542. The molecule has 1 saturated heterocycles. The first-order valence-electron chi connectivity index (χ1n) is 6.20. The van der Waals surface area contributed by atoms with Gasteiger partial charge in [-0.1, -0.05) is 0 Å². The van der Waals surface area contributed by atoms with Gasteiger partial charge in [-0.3, -0.25) is 9.69 Å². The SMILES string of the molecule is CS(=O)(=O)CCS(=O)(=O)N1CCCN(CC(=O)O)CC1. The molecule has 1 N–H and O–H groups in total. The molecule has 0 saturated carbocycles. The normalized spacial score (nSPS) is 19.6. The molecule has 0 aliphatic carbocycles. The van der Waals surface area contributed by atoms with Gasteiger partial charge >= 0.3 is 5.97 Å². The van der Waals surface area contributed by atoms with E-state index in [1.54, 1.807) is 4.90 Å². The quantitative estimate of drug-likeness (QED) is 0.628. The number of nitrogens with zero attached hydrogens (tertiary/aromatic N) is 2. The molecule has 10 heteroatoms. The molecule has 0 spiro atoms. The molecule has 20 heavy (non-hydrogen) atoms. The number of hydrogen-bond acceptors (Lipinski definition) is 6. The van der Waals surface area contributed by atoms with Crippen LogP contribution in [0.1, 0.15) is 6.42 Å². The first-order valence-corrected chi connectivity index (χ1v) is 9.87. The molecule has 118 valence electrons. The molecule has 0 bridgehead atoms. The van der Waals surface area contributed by atoms with E-state index in [9.17, 15) is 21.6 Å². The Morgan fingerprint density at radius 1 is 1.05 bits per heavy atom. The molecule has 0 aromatic heterocycles. The van der Waals surface area contributed by atoms with E-state index in [0.29, 0.717) is 26.1 Å². The Hall–Kier alpha value is -0.710. The maximum atomic E-state index is 12.0. The summed E-state index contributed by atoms with van der Waals surface area (Å²) in [6.45, 7) is 1.23. The first kappa shape index (κ1) is 17.3. The van der Waals surface area contributed by atoms with Crippen molar-refractivity contribution in [2.45, 2.75) is 6.42 Å². The maximum absolute atomic E-state index is 12.0. The number of carbonyl (C=O) groups is 1. The molecule has 0 radical (unpaired) electrons. The van der Waals surface area contributed by atoms with Gasteiger partial charge in [-0.25, -0.2) is 21.1 Å². The van der Waals surface area contributed by atoms with Gasteiger partial charge in [0.15, 0.2) is 0 Å². The molecule has 0 amide bonds. The molecule has 1 aliphatic heterocycles. The van der Waals surface area contributed by atoms with Gasteiger partial charge in [-0.05, 0) is 6.42 Å². The third kappa shape index (κ3) is 6.16. The summed E-state index contributed by atoms with van der Waals surface area (Å²) in [6.07, 6.45) is 1.53. The van der Waals surface area contributed by atoms with Crippen molar-refractivity contribution in [3.8, 4) is 0 Å². The number of sulfonamides is 1. The maximum Gasteiger partial charge on any atom is 0.317 e. The highest BCUT2D eigenvalue weighted by atomic mass is 32.2. The zero-order valence-corrected chi connectivity index (χ0v) is 13.0. The minimum absolute atomic E-state index is 0.114. The van der Waals surface area contributed by atoms with Crippen molar-refractivity contribution in [1.29, 1.82) is 0 Å². The number of sulfone groups is 1. The van der Waals surface area contributed by atoms with Crippen molar-refractivity contribution in [3.63, 3.8) is 0 Å². The minimum Gasteiger partial charge on any atom is -0.480 e. The van der Waals surface area contributed by atoms with Crippen molar-refractivity contribution in [3.05, 3.63) is 0 Å². The molecule has 0 unspecified atom stereocenters. The lowest BCUT2D eigenvalue weighted by Gasteiger charge is -2.20. The third-order valence-corrected chi connectivity index (χ3v) is 6.09. The summed E-state index contributed by atoms with van der Waals surface area (Å²) in [7, 11) is -6.94. The molecule has 1 heterocycles. The van der Waals surface area contributed by atoms with E-state index in [4.69, 9.17) is 5.11 Å². The van der Waals surface area contributed by atoms with Gasteiger partial charge in [0.1, 0.15) is 9.84 Å². The highest BCUT2D eigenvalue weighted by molar-refractivity contribution is 7.93. The molecule has 8 nitrogen and oxygen atoms in total. The van der Waals surface area contributed by atoms with Crippen molar-refractivity contribution in [2.24, 2.45) is 0 Å². The summed E-state index contributed by atoms with van der Waals surface area (Å²) in [5.41, 5.74) is 0. The second-order valence-electron chi connectivity index (χ2n) is 4.87. The molecule has 0 aromatic carbocycles. The number of hydrogen-bond donors (Lipinski definition) is 1. The summed E-state index contributed by atoms with van der Waals surface area (Å²) in [5, 5.41) is 8.72. The average Bonchev–Trinajstić information content (AvgIpc) is 2.51. The fourth-order valence-electron chi connectivity index (χ4n) is 1.96. The number of aliphatic carboxylic acids is 1. The summed E-state index contributed by atoms with van der Waals surface area (Å²) in [6, 6.07) is 0. The third-order valence-electron chi connectivity index (χ3n) is 3.01. The molecule has 0 aromatic rings. The van der Waals surface area contributed by atoms with Crippen LogP contribution in [0.5, 0.6) is 0 Å². The van der Waals surface area contributed by atoms with E-state index in [2.05, 4.69) is 0 Å². The molecular weight excluding hydrogens is 308 g/mol. The zero-order chi connectivity index (χ0) is 15.4. The topological polar surface area (TPSA) is 112 Å². The zero-order valence-electron chi connectivity index (χ0n) is 11.4. The Labute approximate surface area is 119 Å². The largest absolute Gasteiger partial charge is 0.480 e. The first-order chi connectivity index (χ1) is 9.10. The van der Waals surface area contributed by atoms with E-state index in [0.717, 1.165) is 6.26 Å². The number of carboxylic acid groups (broad SMARTS) is 1. The van der Waals surface area contributed by atoms with Crippen molar-refractivity contribution < 1.29 is 26.7 Å². The van der Waals surface area contributed by atoms with Crippen molar-refractivity contribution >= 4 is 25.8 Å². The average molecular weight is 328 g/mol. The van der Waals surface area contributed by atoms with Crippen LogP contribution in [-0.2, 0) is 24.7 Å². The van der Waals surface area contributed by atoms with Gasteiger partial charge in [0.2, 0.25) is 10.0 Å². The van der Waals surface area contributed by atoms with E-state index < -0.39 is 37.3 Å². The monoisotopic (exact) mass is 328 g/mol. The summed E-state index contributed by atoms with van der Waals surface area (Å²) in [4.78, 5) is 12.3. The highest BCUT2D eigenvalue weighted by Crippen LogP contribution is 2.09. The lowest BCUT2D eigenvalue weighted by atomic mass is 10.4. The van der Waals surface area contributed by atoms with Crippen LogP contribution in [0.2, 0.25) is 0 Å². The van der Waals surface area contributed by atoms with E-state index in [-0.39, 0.29) is 13.1 Å². The van der Waals surface area contributed by atoms with Gasteiger partial charge in [-0.15, -0.1) is 0 Å². The van der Waals surface area contributed by atoms with E-state index in [1.165, 1.54) is 4.31 Å². The van der Waals surface area contributed by atoms with Crippen LogP contribution < -0.4 is 0 Å². The molecular formula is C10H20N2O6S2. The molecule has 1 aliphatic rings. The van der Waals surface area contributed by atoms with Gasteiger partial charge in [0.25, 0.3) is 0 Å². The van der Waals surface area contributed by atoms with Crippen LogP contribution in [0, 0.1) is 0 Å². The van der Waals surface area contributed by atoms with E-state index in [1.807, 2.05) is 0 Å². The predicted molar refractivity (Wildman–Crippen MR) is 73.8 cm³/mol. The molecule has 1 rings (SSSR count). The molecule has 0 atom stereocenters. The second kappa shape index (κ2) is 6.83. The summed E-state index contributed by atoms with van der Waals surface area (Å²) < 4.78 is 47.4. The fourth-order valence-corrected chi connectivity index (χ4v) is 5.04. The Kier molecular flexibility index (Phi) is 5.92. The van der Waals surface area contributed by atoms with Crippen LogP contribution >= 0.6 is 0 Å². The Morgan fingerprint density at radius 3 is 2.25 bits per heavy atom. The van der Waals surface area contributed by atoms with Crippen LogP contribution in [0.25, 0.3) is 0 Å². The Morgan fingerprint density at radius 2 is 1.70 bits per heavy atom. The number of carboxylic acids is 1. The second-order valence-corrected chi connectivity index (χ2v) is 9.22. The lowest BCUT2D eigenvalue weighted by Crippen LogP contribution is -2.38. The van der Waals surface area contributed by atoms with Crippen molar-refractivity contribution in [1.82, 2.24) is 9.21 Å². The van der Waals surface area contributed by atoms with Crippen LogP contribution in [0.4, 0.5) is 0 Å². The van der Waals surface area contributed by atoms with Gasteiger partial charge in [0.05, 0.1) is 18.1 Å². The van der Waals surface area contributed by atoms with Gasteiger partial charge in [0, 0.05) is 32.4 Å². The van der Waals surface area contributed by atoms with Gasteiger partial charge in [-0.2, -0.15) is 0 Å². The van der Waals surface area contributed by atoms with E-state index >= 15 is 0 Å². The Balaban J connectivity index is 2.61. The fraction of sp³-hybridized carbons (Fsp3) is 0.900. The van der Waals surface area contributed by atoms with Crippen LogP contribution in [0.3, 0.4) is 0 Å². The predicted octanol–water partition coefficient (Wildman–Crippen LogP) is -1.55. The summed E-state index contributed by atoms with van der Waals surface area (Å²) in [5.74, 6) is -1.77. The standard InChI is InChI=1S/C10H20N2O6S2/c1-19(15,16)7-8-20(17,18)12-4-2-3-11(5-6-12)9-10(13)14/h2-9H2,1H3,(H,13,14). The van der Waals surface area contributed by atoms with Crippen LogP contribution in [-0.4, -0.2) is 87.6 Å². The lowest BCUT2D eigenvalue weighted by molar-refractivity contribution is -0.138. The highest BCUT2D eigenvalue weighted by Gasteiger charge is 2.26. The number of rotatable bonds is 6. The van der Waals surface area contributed by atoms with Crippen molar-refractivity contribution in [2.75, 3.05) is 50.5 Å². The minimum atomic E-state index is -3.61. The summed E-state index contributed by atoms with van der Waals surface area (Å²) >= 11 is 0. The molecule has 1 fully saturated rings. The van der Waals surface area contributed by atoms with Gasteiger partial charge < -0.3 is 5.11 Å². The smallest absolute Gasteiger partial charge is 0.317 e.